The third-order valence-electron chi connectivity index (χ3n) is 2.51. The Labute approximate surface area is 112 Å². The molecule has 0 amide bonds. The van der Waals surface area contributed by atoms with Crippen LogP contribution in [0.4, 0.5) is 5.95 Å². The van der Waals surface area contributed by atoms with Gasteiger partial charge < -0.3 is 15.2 Å². The zero-order valence-electron chi connectivity index (χ0n) is 10.9. The van der Waals surface area contributed by atoms with Crippen molar-refractivity contribution in [3.8, 4) is 11.6 Å². The summed E-state index contributed by atoms with van der Waals surface area (Å²) in [7, 11) is 0. The average molecular weight is 259 g/mol. The summed E-state index contributed by atoms with van der Waals surface area (Å²) in [6, 6.07) is 10.1. The number of ether oxygens (including phenoxy) is 2. The number of hydrogen-bond acceptors (Lipinski definition) is 5. The molecule has 0 saturated carbocycles. The minimum atomic E-state index is 0.179. The van der Waals surface area contributed by atoms with Gasteiger partial charge in [-0.3, -0.25) is 0 Å². The molecule has 0 bridgehead atoms. The first-order chi connectivity index (χ1) is 9.29. The first kappa shape index (κ1) is 13.1. The van der Waals surface area contributed by atoms with Gasteiger partial charge in [-0.1, -0.05) is 30.3 Å². The highest BCUT2D eigenvalue weighted by Gasteiger charge is 2.08. The van der Waals surface area contributed by atoms with Gasteiger partial charge in [0.05, 0.1) is 19.4 Å². The van der Waals surface area contributed by atoms with E-state index in [1.807, 2.05) is 25.1 Å². The second-order valence-corrected chi connectivity index (χ2v) is 3.91. The van der Waals surface area contributed by atoms with E-state index in [4.69, 9.17) is 15.2 Å². The molecule has 1 aromatic heterocycles. The van der Waals surface area contributed by atoms with Gasteiger partial charge in [0.15, 0.2) is 5.75 Å². The molecular weight excluding hydrogens is 242 g/mol. The molecule has 1 heterocycles. The van der Waals surface area contributed by atoms with Gasteiger partial charge in [-0.25, -0.2) is 4.98 Å². The van der Waals surface area contributed by atoms with Gasteiger partial charge in [0.2, 0.25) is 5.95 Å². The van der Waals surface area contributed by atoms with Crippen LogP contribution in [0, 0.1) is 0 Å². The molecule has 1 aromatic carbocycles. The van der Waals surface area contributed by atoms with Crippen LogP contribution in [0.1, 0.15) is 12.5 Å². The predicted octanol–water partition coefficient (Wildman–Crippen LogP) is 2.08. The van der Waals surface area contributed by atoms with Crippen molar-refractivity contribution in [3.05, 3.63) is 42.1 Å². The molecule has 0 aliphatic carbocycles. The Kier molecular flexibility index (Phi) is 4.55. The van der Waals surface area contributed by atoms with Gasteiger partial charge in [-0.2, -0.15) is 4.98 Å². The maximum Gasteiger partial charge on any atom is 0.261 e. The van der Waals surface area contributed by atoms with Crippen LogP contribution in [0.5, 0.6) is 11.6 Å². The molecule has 0 saturated heterocycles. The standard InChI is InChI=1S/C14H17N3O2/c1-2-18-13-12(10-16-14(15)17-13)19-9-8-11-6-4-3-5-7-11/h3-7,10H,2,8-9H2,1H3,(H2,15,16,17). The van der Waals surface area contributed by atoms with E-state index in [1.165, 1.54) is 5.56 Å². The van der Waals surface area contributed by atoms with Crippen molar-refractivity contribution in [3.63, 3.8) is 0 Å². The fraction of sp³-hybridized carbons (Fsp3) is 0.286. The zero-order valence-corrected chi connectivity index (χ0v) is 10.9. The summed E-state index contributed by atoms with van der Waals surface area (Å²) < 4.78 is 11.0. The van der Waals surface area contributed by atoms with E-state index in [1.54, 1.807) is 6.20 Å². The van der Waals surface area contributed by atoms with E-state index < -0.39 is 0 Å². The third-order valence-corrected chi connectivity index (χ3v) is 2.51. The lowest BCUT2D eigenvalue weighted by molar-refractivity contribution is 0.269. The molecule has 100 valence electrons. The van der Waals surface area contributed by atoms with E-state index in [0.29, 0.717) is 24.8 Å². The summed E-state index contributed by atoms with van der Waals surface area (Å²) in [5, 5.41) is 0. The first-order valence-electron chi connectivity index (χ1n) is 6.21. The third kappa shape index (κ3) is 3.84. The first-order valence-corrected chi connectivity index (χ1v) is 6.21. The molecule has 0 radical (unpaired) electrons. The number of anilines is 1. The van der Waals surface area contributed by atoms with Gasteiger partial charge in [0.1, 0.15) is 0 Å². The zero-order chi connectivity index (χ0) is 13.5. The van der Waals surface area contributed by atoms with Gasteiger partial charge in [0, 0.05) is 6.42 Å². The van der Waals surface area contributed by atoms with Crippen molar-refractivity contribution in [1.82, 2.24) is 9.97 Å². The van der Waals surface area contributed by atoms with E-state index >= 15 is 0 Å². The Balaban J connectivity index is 1.95. The lowest BCUT2D eigenvalue weighted by atomic mass is 10.2. The number of nitrogens with zero attached hydrogens (tertiary/aromatic N) is 2. The Bertz CT molecular complexity index is 517. The quantitative estimate of drug-likeness (QED) is 0.860. The van der Waals surface area contributed by atoms with Crippen molar-refractivity contribution in [2.75, 3.05) is 18.9 Å². The van der Waals surface area contributed by atoms with Gasteiger partial charge >= 0.3 is 0 Å². The number of nitrogen functional groups attached to an aromatic ring is 1. The molecule has 0 aliphatic heterocycles. The van der Waals surface area contributed by atoms with Crippen LogP contribution < -0.4 is 15.2 Å². The minimum absolute atomic E-state index is 0.179. The topological polar surface area (TPSA) is 70.3 Å². The maximum absolute atomic E-state index is 5.64. The van der Waals surface area contributed by atoms with Crippen LogP contribution in [0.3, 0.4) is 0 Å². The monoisotopic (exact) mass is 259 g/mol. The molecule has 2 rings (SSSR count). The molecular formula is C14H17N3O2. The average Bonchev–Trinajstić information content (AvgIpc) is 2.43. The van der Waals surface area contributed by atoms with Crippen LogP contribution in [0.2, 0.25) is 0 Å². The molecule has 2 N–H and O–H groups in total. The van der Waals surface area contributed by atoms with Gasteiger partial charge in [-0.15, -0.1) is 0 Å². The van der Waals surface area contributed by atoms with E-state index in [0.717, 1.165) is 6.42 Å². The summed E-state index contributed by atoms with van der Waals surface area (Å²) in [6.45, 7) is 2.93. The Hall–Kier alpha value is -2.30. The lowest BCUT2D eigenvalue weighted by Gasteiger charge is -2.10. The van der Waals surface area contributed by atoms with Gasteiger partial charge in [0.25, 0.3) is 5.88 Å². The largest absolute Gasteiger partial charge is 0.486 e. The molecule has 0 fully saturated rings. The molecule has 19 heavy (non-hydrogen) atoms. The maximum atomic E-state index is 5.64. The SMILES string of the molecule is CCOc1nc(N)ncc1OCCc1ccccc1. The number of benzene rings is 1. The Morgan fingerprint density at radius 1 is 1.16 bits per heavy atom. The minimum Gasteiger partial charge on any atom is -0.486 e. The summed E-state index contributed by atoms with van der Waals surface area (Å²) in [6.07, 6.45) is 2.36. The Morgan fingerprint density at radius 2 is 1.95 bits per heavy atom. The fourth-order valence-electron chi connectivity index (χ4n) is 1.63. The Morgan fingerprint density at radius 3 is 2.68 bits per heavy atom. The highest BCUT2D eigenvalue weighted by atomic mass is 16.5. The molecule has 5 nitrogen and oxygen atoms in total. The summed E-state index contributed by atoms with van der Waals surface area (Å²) in [4.78, 5) is 7.92. The van der Waals surface area contributed by atoms with Crippen molar-refractivity contribution in [2.45, 2.75) is 13.3 Å². The smallest absolute Gasteiger partial charge is 0.261 e. The molecule has 0 spiro atoms. The van der Waals surface area contributed by atoms with Crippen molar-refractivity contribution < 1.29 is 9.47 Å². The molecule has 0 atom stereocenters. The van der Waals surface area contributed by atoms with Crippen molar-refractivity contribution >= 4 is 5.95 Å². The van der Waals surface area contributed by atoms with Crippen LogP contribution in [-0.4, -0.2) is 23.2 Å². The predicted molar refractivity (Wildman–Crippen MR) is 73.3 cm³/mol. The normalized spacial score (nSPS) is 10.2. The second kappa shape index (κ2) is 6.58. The van der Waals surface area contributed by atoms with E-state index in [-0.39, 0.29) is 5.95 Å². The van der Waals surface area contributed by atoms with Crippen LogP contribution in [0.15, 0.2) is 36.5 Å². The number of aromatic nitrogens is 2. The fourth-order valence-corrected chi connectivity index (χ4v) is 1.63. The summed E-state index contributed by atoms with van der Waals surface area (Å²) in [5.41, 5.74) is 6.74. The highest BCUT2D eigenvalue weighted by Crippen LogP contribution is 2.24. The number of rotatable bonds is 6. The van der Waals surface area contributed by atoms with Crippen molar-refractivity contribution in [2.24, 2.45) is 0 Å². The molecule has 2 aromatic rings. The van der Waals surface area contributed by atoms with Crippen LogP contribution >= 0.6 is 0 Å². The van der Waals surface area contributed by atoms with Crippen molar-refractivity contribution in [1.29, 1.82) is 0 Å². The highest BCUT2D eigenvalue weighted by molar-refractivity contribution is 5.35. The van der Waals surface area contributed by atoms with Gasteiger partial charge in [-0.05, 0) is 12.5 Å². The summed E-state index contributed by atoms with van der Waals surface area (Å²) in [5.74, 6) is 1.09. The molecule has 0 aliphatic rings. The van der Waals surface area contributed by atoms with E-state index in [2.05, 4.69) is 22.1 Å². The van der Waals surface area contributed by atoms with E-state index in [9.17, 15) is 0 Å². The van der Waals surface area contributed by atoms with Crippen LogP contribution in [0.25, 0.3) is 0 Å². The lowest BCUT2D eigenvalue weighted by Crippen LogP contribution is -2.06. The number of nitrogens with two attached hydrogens (primary N) is 1. The number of hydrogen-bond donors (Lipinski definition) is 1. The molecule has 5 heteroatoms. The van der Waals surface area contributed by atoms with Crippen LogP contribution in [-0.2, 0) is 6.42 Å². The summed E-state index contributed by atoms with van der Waals surface area (Å²) >= 11 is 0. The second-order valence-electron chi connectivity index (χ2n) is 3.91. The molecule has 0 unspecified atom stereocenters.